The average Bonchev–Trinajstić information content (AvgIpc) is 3.07. The van der Waals surface area contributed by atoms with Crippen LogP contribution in [-0.4, -0.2) is 29.8 Å². The van der Waals surface area contributed by atoms with E-state index >= 15 is 0 Å². The molecular formula is C13H26N2O2. The Kier molecular flexibility index (Phi) is 4.80. The molecule has 1 aliphatic rings. The molecule has 0 radical (unpaired) electrons. The van der Waals surface area contributed by atoms with E-state index in [9.17, 15) is 4.79 Å². The van der Waals surface area contributed by atoms with Gasteiger partial charge in [0.1, 0.15) is 0 Å². The van der Waals surface area contributed by atoms with Gasteiger partial charge in [-0.1, -0.05) is 13.8 Å². The van der Waals surface area contributed by atoms with E-state index < -0.39 is 0 Å². The highest BCUT2D eigenvalue weighted by molar-refractivity contribution is 5.74. The van der Waals surface area contributed by atoms with Crippen molar-refractivity contribution in [3.63, 3.8) is 0 Å². The second-order valence-corrected chi connectivity index (χ2v) is 5.55. The molecule has 2 amide bonds. The van der Waals surface area contributed by atoms with Gasteiger partial charge < -0.3 is 15.7 Å². The summed E-state index contributed by atoms with van der Waals surface area (Å²) < 4.78 is 0. The molecule has 100 valence electrons. The predicted molar refractivity (Wildman–Crippen MR) is 68.9 cm³/mol. The van der Waals surface area contributed by atoms with Gasteiger partial charge in [0.15, 0.2) is 0 Å². The number of urea groups is 1. The van der Waals surface area contributed by atoms with Crippen LogP contribution in [0.1, 0.15) is 52.9 Å². The minimum atomic E-state index is -0.304. The van der Waals surface area contributed by atoms with Crippen LogP contribution in [0.4, 0.5) is 4.79 Å². The molecule has 3 N–H and O–H groups in total. The number of rotatable bonds is 7. The predicted octanol–water partition coefficient (Wildman–Crippen LogP) is 2.03. The maximum Gasteiger partial charge on any atom is 0.315 e. The van der Waals surface area contributed by atoms with Crippen LogP contribution < -0.4 is 10.6 Å². The third-order valence-electron chi connectivity index (χ3n) is 4.19. The van der Waals surface area contributed by atoms with Crippen molar-refractivity contribution in [1.29, 1.82) is 0 Å². The van der Waals surface area contributed by atoms with E-state index in [4.69, 9.17) is 5.11 Å². The molecule has 17 heavy (non-hydrogen) atoms. The third-order valence-corrected chi connectivity index (χ3v) is 4.19. The van der Waals surface area contributed by atoms with Crippen LogP contribution in [-0.2, 0) is 0 Å². The van der Waals surface area contributed by atoms with Gasteiger partial charge in [0.2, 0.25) is 0 Å². The summed E-state index contributed by atoms with van der Waals surface area (Å²) in [5.41, 5.74) is 0.0682. The van der Waals surface area contributed by atoms with Crippen LogP contribution in [0.15, 0.2) is 0 Å². The number of hydrogen-bond acceptors (Lipinski definition) is 2. The first-order valence-electron chi connectivity index (χ1n) is 6.66. The topological polar surface area (TPSA) is 61.4 Å². The van der Waals surface area contributed by atoms with E-state index in [-0.39, 0.29) is 18.2 Å². The smallest absolute Gasteiger partial charge is 0.315 e. The van der Waals surface area contributed by atoms with E-state index in [1.54, 1.807) is 0 Å². The summed E-state index contributed by atoms with van der Waals surface area (Å²) in [4.78, 5) is 11.8. The Morgan fingerprint density at radius 1 is 1.41 bits per heavy atom. The highest BCUT2D eigenvalue weighted by atomic mass is 16.3. The van der Waals surface area contributed by atoms with Crippen LogP contribution in [0, 0.1) is 5.41 Å². The average molecular weight is 242 g/mol. The van der Waals surface area contributed by atoms with Crippen molar-refractivity contribution in [2.45, 2.75) is 58.4 Å². The summed E-state index contributed by atoms with van der Waals surface area (Å²) in [7, 11) is 0. The lowest BCUT2D eigenvalue weighted by molar-refractivity contribution is 0.199. The van der Waals surface area contributed by atoms with Gasteiger partial charge in [0.25, 0.3) is 0 Å². The molecular weight excluding hydrogens is 216 g/mol. The summed E-state index contributed by atoms with van der Waals surface area (Å²) in [5.74, 6) is 0. The molecule has 0 aromatic heterocycles. The molecule has 1 aliphatic carbocycles. The highest BCUT2D eigenvalue weighted by Crippen LogP contribution is 2.47. The van der Waals surface area contributed by atoms with Gasteiger partial charge in [-0.15, -0.1) is 0 Å². The van der Waals surface area contributed by atoms with Crippen molar-refractivity contribution in [3.05, 3.63) is 0 Å². The molecule has 0 spiro atoms. The molecule has 0 aromatic rings. The maximum atomic E-state index is 11.8. The second kappa shape index (κ2) is 5.71. The van der Waals surface area contributed by atoms with Gasteiger partial charge in [-0.05, 0) is 44.4 Å². The summed E-state index contributed by atoms with van der Waals surface area (Å²) in [5, 5.41) is 14.9. The van der Waals surface area contributed by atoms with E-state index in [1.807, 2.05) is 13.8 Å². The van der Waals surface area contributed by atoms with E-state index in [0.29, 0.717) is 11.8 Å². The normalized spacial score (nSPS) is 20.5. The monoisotopic (exact) mass is 242 g/mol. The second-order valence-electron chi connectivity index (χ2n) is 5.55. The van der Waals surface area contributed by atoms with Gasteiger partial charge >= 0.3 is 6.03 Å². The van der Waals surface area contributed by atoms with E-state index in [0.717, 1.165) is 19.4 Å². The van der Waals surface area contributed by atoms with Gasteiger partial charge in [-0.3, -0.25) is 0 Å². The van der Waals surface area contributed by atoms with Crippen molar-refractivity contribution in [1.82, 2.24) is 10.6 Å². The Hall–Kier alpha value is -0.770. The van der Waals surface area contributed by atoms with Gasteiger partial charge in [-0.2, -0.15) is 0 Å². The molecule has 0 aromatic carbocycles. The molecule has 1 rings (SSSR count). The number of hydrogen-bond donors (Lipinski definition) is 3. The molecule has 0 heterocycles. The lowest BCUT2D eigenvalue weighted by Gasteiger charge is -2.29. The fraction of sp³-hybridized carbons (Fsp3) is 0.923. The Morgan fingerprint density at radius 2 is 2.06 bits per heavy atom. The minimum absolute atomic E-state index is 0.101. The number of aliphatic hydroxyl groups is 1. The number of nitrogens with one attached hydrogen (secondary N) is 2. The van der Waals surface area contributed by atoms with Crippen molar-refractivity contribution >= 4 is 6.03 Å². The van der Waals surface area contributed by atoms with Gasteiger partial charge in [0.05, 0.1) is 0 Å². The fourth-order valence-corrected chi connectivity index (χ4v) is 1.99. The lowest BCUT2D eigenvalue weighted by Crippen LogP contribution is -2.51. The zero-order valence-corrected chi connectivity index (χ0v) is 11.3. The molecule has 1 saturated carbocycles. The molecule has 0 saturated heterocycles. The Morgan fingerprint density at radius 3 is 2.47 bits per heavy atom. The van der Waals surface area contributed by atoms with Gasteiger partial charge in [-0.25, -0.2) is 4.79 Å². The van der Waals surface area contributed by atoms with Crippen LogP contribution in [0.2, 0.25) is 0 Å². The summed E-state index contributed by atoms with van der Waals surface area (Å²) >= 11 is 0. The van der Waals surface area contributed by atoms with Crippen LogP contribution in [0.25, 0.3) is 0 Å². The zero-order valence-electron chi connectivity index (χ0n) is 11.3. The Bertz CT molecular complexity index is 264. The molecule has 4 nitrogen and oxygen atoms in total. The van der Waals surface area contributed by atoms with Gasteiger partial charge in [0, 0.05) is 18.7 Å². The first-order valence-corrected chi connectivity index (χ1v) is 6.66. The minimum Gasteiger partial charge on any atom is -0.396 e. The van der Waals surface area contributed by atoms with Crippen LogP contribution in [0.5, 0.6) is 0 Å². The Labute approximate surface area is 104 Å². The molecule has 1 atom stereocenters. The first-order chi connectivity index (χ1) is 7.99. The number of carbonyl (C=O) groups excluding carboxylic acids is 1. The Balaban J connectivity index is 2.32. The van der Waals surface area contributed by atoms with Crippen LogP contribution >= 0.6 is 0 Å². The van der Waals surface area contributed by atoms with E-state index in [1.165, 1.54) is 12.8 Å². The molecule has 1 unspecified atom stereocenters. The number of amides is 2. The third kappa shape index (κ3) is 4.19. The van der Waals surface area contributed by atoms with Crippen molar-refractivity contribution in [2.24, 2.45) is 5.41 Å². The highest BCUT2D eigenvalue weighted by Gasteiger charge is 2.40. The maximum absolute atomic E-state index is 11.8. The lowest BCUT2D eigenvalue weighted by atomic mass is 9.95. The molecule has 4 heteroatoms. The fourth-order valence-electron chi connectivity index (χ4n) is 1.99. The summed E-state index contributed by atoms with van der Waals surface area (Å²) in [6.45, 7) is 7.03. The standard InChI is InChI=1S/C13H26N2O2/c1-4-12(3,8-9-16)15-11(17)14-10-13(5-2)6-7-13/h16H,4-10H2,1-3H3,(H2,14,15,17). The summed E-state index contributed by atoms with van der Waals surface area (Å²) in [6.07, 6.45) is 5.00. The van der Waals surface area contributed by atoms with Crippen LogP contribution in [0.3, 0.4) is 0 Å². The molecule has 0 bridgehead atoms. The number of aliphatic hydroxyl groups excluding tert-OH is 1. The first kappa shape index (κ1) is 14.3. The molecule has 1 fully saturated rings. The van der Waals surface area contributed by atoms with E-state index in [2.05, 4.69) is 17.6 Å². The zero-order chi connectivity index (χ0) is 12.9. The van der Waals surface area contributed by atoms with Crippen molar-refractivity contribution < 1.29 is 9.90 Å². The summed E-state index contributed by atoms with van der Waals surface area (Å²) in [6, 6.07) is -0.109. The van der Waals surface area contributed by atoms with Crippen molar-refractivity contribution in [2.75, 3.05) is 13.2 Å². The quantitative estimate of drug-likeness (QED) is 0.639. The molecule has 0 aliphatic heterocycles. The van der Waals surface area contributed by atoms with Crippen molar-refractivity contribution in [3.8, 4) is 0 Å². The SMILES string of the molecule is CCC1(CNC(=O)NC(C)(CC)CCO)CC1. The number of carbonyl (C=O) groups is 1. The largest absolute Gasteiger partial charge is 0.396 e.